The maximum Gasteiger partial charge on any atom is 0.338 e. The molecule has 0 saturated carbocycles. The molecule has 0 aromatic heterocycles. The molecule has 0 aliphatic rings. The topological polar surface area (TPSA) is 414 Å². The molecule has 0 N–H and O–H groups in total. The fraction of sp³-hybridized carbons (Fsp3) is 0.767. The Morgan fingerprint density at radius 1 is 0.190 bits per heavy atom. The maximum absolute atomic E-state index is 15.9. The van der Waals surface area contributed by atoms with Crippen molar-refractivity contribution >= 4 is 89.5 Å². The van der Waals surface area contributed by atoms with Crippen molar-refractivity contribution in [2.24, 2.45) is 0 Å². The van der Waals surface area contributed by atoms with Gasteiger partial charge in [-0.1, -0.05) is 83.1 Å². The number of nitrogens with zero attached hydrogens (tertiary/aromatic N) is 6. The molecule has 36 nitrogen and oxygen atoms in total. The second-order valence-corrected chi connectivity index (χ2v) is 30.3. The quantitative estimate of drug-likeness (QED) is 0.0433. The molecule has 126 heavy (non-hydrogen) atoms. The zero-order valence-electron chi connectivity index (χ0n) is 77.6. The Morgan fingerprint density at radius 3 is 0.389 bits per heavy atom. The van der Waals surface area contributed by atoms with Crippen molar-refractivity contribution in [1.82, 2.24) is 29.4 Å². The van der Waals surface area contributed by atoms with E-state index in [2.05, 4.69) is 0 Å². The van der Waals surface area contributed by atoms with E-state index in [1.165, 1.54) is 0 Å². The first-order valence-electron chi connectivity index (χ1n) is 45.6. The van der Waals surface area contributed by atoms with Gasteiger partial charge in [0, 0.05) is 118 Å². The molecule has 0 heterocycles. The monoisotopic (exact) mass is 1800 g/mol. The standard InChI is InChI=1S/C90H150N6O30/c1-13-49-112-76(97)25-37-91(38-26-77(98)113-50-14-2)64-73(65-92(39-27-78(99)114-51-15-3)40-28-79(100)115-52-16-4)124-88(109)70-61-71(89(110)125-74(66-93(41-29-80(101)116-53-17-5)42-30-81(102)117-54-18-6)67-94(43-31-82(103)118-55-19-7)44-32-83(104)119-56-20-8)63-72(62-70)90(111)126-75(68-95(45-33-84(105)120-57-21-9)46-34-85(106)121-58-22-10)69-96(47-35-86(107)122-59-23-11)48-36-87(108)123-60-24-12/h61-63,73-75H,13-60,64-69H2,1-12H3. The van der Waals surface area contributed by atoms with Crippen LogP contribution in [0.5, 0.6) is 0 Å². The van der Waals surface area contributed by atoms with Gasteiger partial charge in [0.05, 0.1) is 173 Å². The van der Waals surface area contributed by atoms with Crippen LogP contribution in [-0.2, 0) is 129 Å². The molecule has 0 radical (unpaired) electrons. The summed E-state index contributed by atoms with van der Waals surface area (Å²) in [7, 11) is 0. The molecule has 720 valence electrons. The predicted molar refractivity (Wildman–Crippen MR) is 463 cm³/mol. The fourth-order valence-corrected chi connectivity index (χ4v) is 12.0. The molecule has 0 spiro atoms. The Bertz CT molecular complexity index is 2660. The van der Waals surface area contributed by atoms with Crippen LogP contribution in [0.1, 0.15) is 268 Å². The van der Waals surface area contributed by atoms with Crippen LogP contribution in [-0.4, -0.2) is 334 Å². The third-order valence-corrected chi connectivity index (χ3v) is 18.4. The highest BCUT2D eigenvalue weighted by Crippen LogP contribution is 2.21. The molecule has 1 aromatic rings. The van der Waals surface area contributed by atoms with E-state index in [-0.39, 0.29) is 274 Å². The highest BCUT2D eigenvalue weighted by molar-refractivity contribution is 6.00. The van der Waals surface area contributed by atoms with Gasteiger partial charge in [0.25, 0.3) is 0 Å². The second-order valence-electron chi connectivity index (χ2n) is 30.3. The SMILES string of the molecule is CCCOC(=O)CCN(CCC(=O)OCCC)CC(CN(CCC(=O)OCCC)CCC(=O)OCCC)OC(=O)c1cc(C(=O)OC(CN(CCC(=O)OCCC)CCC(=O)OCCC)CN(CCC(=O)OCCC)CCC(=O)OCCC)cc(C(=O)OC(CN(CCC(=O)OCCC)CCC(=O)OCCC)CN(CCC(=O)OCCC)CCC(=O)OCCC)c1. The van der Waals surface area contributed by atoms with Gasteiger partial charge < -0.3 is 71.1 Å². The minimum atomic E-state index is -1.35. The second kappa shape index (κ2) is 74.0. The summed E-state index contributed by atoms with van der Waals surface area (Å²) in [5.74, 6) is -10.5. The predicted octanol–water partition coefficient (Wildman–Crippen LogP) is 9.19. The van der Waals surface area contributed by atoms with Crippen molar-refractivity contribution in [3.8, 4) is 0 Å². The van der Waals surface area contributed by atoms with Gasteiger partial charge in [0.2, 0.25) is 0 Å². The van der Waals surface area contributed by atoms with Crippen LogP contribution in [0, 0.1) is 0 Å². The van der Waals surface area contributed by atoms with E-state index in [4.69, 9.17) is 71.1 Å². The van der Waals surface area contributed by atoms with Crippen LogP contribution >= 0.6 is 0 Å². The smallest absolute Gasteiger partial charge is 0.338 e. The average Bonchev–Trinajstić information content (AvgIpc) is 0.813. The molecular weight excluding hydrogens is 1650 g/mol. The van der Waals surface area contributed by atoms with Gasteiger partial charge in [0.15, 0.2) is 0 Å². The lowest BCUT2D eigenvalue weighted by Crippen LogP contribution is -2.45. The maximum atomic E-state index is 15.9. The fourth-order valence-electron chi connectivity index (χ4n) is 12.0. The number of benzene rings is 1. The summed E-state index contributed by atoms with van der Waals surface area (Å²) in [6.45, 7) is 20.9. The zero-order valence-corrected chi connectivity index (χ0v) is 77.6. The summed E-state index contributed by atoms with van der Waals surface area (Å²) in [5, 5.41) is 0. The van der Waals surface area contributed by atoms with E-state index in [1.807, 2.05) is 83.1 Å². The van der Waals surface area contributed by atoms with Gasteiger partial charge in [-0.25, -0.2) is 14.4 Å². The first kappa shape index (κ1) is 115. The summed E-state index contributed by atoms with van der Waals surface area (Å²) >= 11 is 0. The highest BCUT2D eigenvalue weighted by Gasteiger charge is 2.32. The molecule has 1 rings (SSSR count). The molecule has 0 fully saturated rings. The minimum Gasteiger partial charge on any atom is -0.466 e. The van der Waals surface area contributed by atoms with Crippen LogP contribution in [0.3, 0.4) is 0 Å². The van der Waals surface area contributed by atoms with Crippen LogP contribution in [0.15, 0.2) is 18.2 Å². The van der Waals surface area contributed by atoms with E-state index < -0.39 is 125 Å². The van der Waals surface area contributed by atoms with Gasteiger partial charge in [-0.3, -0.25) is 86.9 Å². The number of carbonyl (C=O) groups is 15. The zero-order chi connectivity index (χ0) is 93.5. The van der Waals surface area contributed by atoms with E-state index >= 15 is 14.4 Å². The van der Waals surface area contributed by atoms with Crippen LogP contribution in [0.2, 0.25) is 0 Å². The number of hydrogen-bond donors (Lipinski definition) is 0. The normalized spacial score (nSPS) is 11.3. The summed E-state index contributed by atoms with van der Waals surface area (Å²) in [5.41, 5.74) is -1.47. The van der Waals surface area contributed by atoms with E-state index in [1.54, 1.807) is 29.4 Å². The Labute approximate surface area is 746 Å². The lowest BCUT2D eigenvalue weighted by Gasteiger charge is -2.32. The van der Waals surface area contributed by atoms with Crippen LogP contribution in [0.25, 0.3) is 0 Å². The van der Waals surface area contributed by atoms with Crippen molar-refractivity contribution in [3.63, 3.8) is 0 Å². The molecular formula is C90H150N6O30. The van der Waals surface area contributed by atoms with E-state index in [0.29, 0.717) is 77.0 Å². The van der Waals surface area contributed by atoms with Crippen molar-refractivity contribution in [1.29, 1.82) is 0 Å². The van der Waals surface area contributed by atoms with Gasteiger partial charge in [0.1, 0.15) is 18.3 Å². The molecule has 0 aliphatic carbocycles. The summed E-state index contributed by atoms with van der Waals surface area (Å²) in [6, 6.07) is 3.27. The molecule has 0 saturated heterocycles. The van der Waals surface area contributed by atoms with Crippen molar-refractivity contribution < 1.29 is 143 Å². The molecule has 0 bridgehead atoms. The van der Waals surface area contributed by atoms with E-state index in [9.17, 15) is 57.5 Å². The van der Waals surface area contributed by atoms with E-state index in [0.717, 1.165) is 18.2 Å². The summed E-state index contributed by atoms with van der Waals surface area (Å²) in [6.07, 6.45) is -0.300. The average molecular weight is 1800 g/mol. The summed E-state index contributed by atoms with van der Waals surface area (Å²) in [4.78, 5) is 218. The third-order valence-electron chi connectivity index (χ3n) is 18.4. The van der Waals surface area contributed by atoms with Crippen LogP contribution < -0.4 is 0 Å². The largest absolute Gasteiger partial charge is 0.466 e. The Balaban J connectivity index is 5.09. The lowest BCUT2D eigenvalue weighted by molar-refractivity contribution is -0.146. The van der Waals surface area contributed by atoms with Gasteiger partial charge in [-0.2, -0.15) is 0 Å². The van der Waals surface area contributed by atoms with Gasteiger partial charge in [-0.15, -0.1) is 0 Å². The first-order valence-corrected chi connectivity index (χ1v) is 45.6. The minimum absolute atomic E-state index is 0.0662. The Hall–Kier alpha value is -8.97. The number of hydrogen-bond acceptors (Lipinski definition) is 36. The van der Waals surface area contributed by atoms with Crippen LogP contribution in [0.4, 0.5) is 0 Å². The first-order chi connectivity index (χ1) is 60.6. The summed E-state index contributed by atoms with van der Waals surface area (Å²) < 4.78 is 85.1. The van der Waals surface area contributed by atoms with Gasteiger partial charge in [-0.05, 0) is 95.2 Å². The molecule has 0 unspecified atom stereocenters. The molecule has 0 atom stereocenters. The Kier molecular flexibility index (Phi) is 67.6. The van der Waals surface area contributed by atoms with Crippen molar-refractivity contribution in [3.05, 3.63) is 34.9 Å². The number of rotatable bonds is 78. The Morgan fingerprint density at radius 2 is 0.294 bits per heavy atom. The highest BCUT2D eigenvalue weighted by atomic mass is 16.6. The van der Waals surface area contributed by atoms with Gasteiger partial charge >= 0.3 is 89.5 Å². The molecule has 1 aromatic carbocycles. The number of ether oxygens (including phenoxy) is 15. The molecule has 0 amide bonds. The number of esters is 15. The molecule has 36 heteroatoms. The molecule has 0 aliphatic heterocycles. The van der Waals surface area contributed by atoms with Crippen molar-refractivity contribution in [2.75, 3.05) is 197 Å². The third kappa shape index (κ3) is 59.1. The van der Waals surface area contributed by atoms with Crippen molar-refractivity contribution in [2.45, 2.75) is 255 Å². The number of carbonyl (C=O) groups excluding carboxylic acids is 15. The lowest BCUT2D eigenvalue weighted by atomic mass is 10.0.